The molecule has 2 aromatic rings. The van der Waals surface area contributed by atoms with Crippen molar-refractivity contribution in [2.75, 3.05) is 33.4 Å². The number of benzene rings is 2. The number of hydrazone groups is 1. The van der Waals surface area contributed by atoms with Crippen LogP contribution in [0.15, 0.2) is 47.6 Å². The normalized spacial score (nSPS) is 20.5. The highest BCUT2D eigenvalue weighted by Crippen LogP contribution is 2.35. The molecule has 0 bridgehead atoms. The van der Waals surface area contributed by atoms with Crippen molar-refractivity contribution >= 4 is 17.6 Å². The Morgan fingerprint density at radius 2 is 1.89 bits per heavy atom. The first-order chi connectivity index (χ1) is 16.9. The van der Waals surface area contributed by atoms with E-state index < -0.39 is 0 Å². The lowest BCUT2D eigenvalue weighted by Gasteiger charge is -2.32. The summed E-state index contributed by atoms with van der Waals surface area (Å²) in [6.45, 7) is 7.93. The molecule has 186 valence electrons. The summed E-state index contributed by atoms with van der Waals surface area (Å²) in [7, 11) is 1.64. The summed E-state index contributed by atoms with van der Waals surface area (Å²) in [5, 5.41) is 6.48. The van der Waals surface area contributed by atoms with Crippen LogP contribution < -0.4 is 4.74 Å². The van der Waals surface area contributed by atoms with E-state index in [9.17, 15) is 9.59 Å². The Kier molecular flexibility index (Phi) is 7.86. The number of carbonyl (C=O) groups is 2. The lowest BCUT2D eigenvalue weighted by atomic mass is 9.94. The van der Waals surface area contributed by atoms with Crippen LogP contribution in [0.3, 0.4) is 0 Å². The molecule has 2 aromatic carbocycles. The topological polar surface area (TPSA) is 71.4 Å². The molecule has 0 unspecified atom stereocenters. The zero-order valence-corrected chi connectivity index (χ0v) is 21.1. The minimum Gasteiger partial charge on any atom is -0.497 e. The van der Waals surface area contributed by atoms with Crippen LogP contribution in [0.5, 0.6) is 5.75 Å². The molecule has 0 N–H and O–H groups in total. The Morgan fingerprint density at radius 3 is 2.57 bits per heavy atom. The zero-order valence-electron chi connectivity index (χ0n) is 21.1. The quantitative estimate of drug-likeness (QED) is 0.557. The van der Waals surface area contributed by atoms with E-state index in [0.717, 1.165) is 47.5 Å². The van der Waals surface area contributed by atoms with Crippen molar-refractivity contribution in [3.63, 3.8) is 0 Å². The van der Waals surface area contributed by atoms with Crippen LogP contribution in [0.2, 0.25) is 0 Å². The molecule has 0 saturated carbocycles. The van der Waals surface area contributed by atoms with Gasteiger partial charge < -0.3 is 9.47 Å². The maximum absolute atomic E-state index is 13.6. The van der Waals surface area contributed by atoms with Crippen molar-refractivity contribution in [3.05, 3.63) is 64.7 Å². The molecule has 7 nitrogen and oxygen atoms in total. The third-order valence-corrected chi connectivity index (χ3v) is 6.86. The summed E-state index contributed by atoms with van der Waals surface area (Å²) in [4.78, 5) is 27.9. The molecule has 0 aromatic heterocycles. The Bertz CT molecular complexity index is 1100. The second kappa shape index (κ2) is 11.0. The van der Waals surface area contributed by atoms with Gasteiger partial charge in [0, 0.05) is 13.0 Å². The van der Waals surface area contributed by atoms with Gasteiger partial charge in [-0.05, 0) is 81.1 Å². The Hall–Kier alpha value is -3.19. The average molecular weight is 478 g/mol. The molecule has 1 saturated heterocycles. The monoisotopic (exact) mass is 477 g/mol. The Labute approximate surface area is 207 Å². The second-order valence-electron chi connectivity index (χ2n) is 9.42. The molecule has 2 atom stereocenters. The third kappa shape index (κ3) is 5.73. The standard InChI is InChI=1S/C28H35N3O4/c1-5-35-28(33)22-7-6-14-30(17-22)18-27(32)31-26(24-13-8-19(2)15-20(24)3)16-25(29-31)21-9-11-23(34-4)12-10-21/h8-13,15,22,26H,5-7,14,16-18H2,1-4H3/t22-,26-/m1/s1. The maximum Gasteiger partial charge on any atom is 0.310 e. The number of hydrogen-bond donors (Lipinski definition) is 0. The van der Waals surface area contributed by atoms with Gasteiger partial charge in [-0.25, -0.2) is 5.01 Å². The number of piperidine rings is 1. The summed E-state index contributed by atoms with van der Waals surface area (Å²) < 4.78 is 10.5. The predicted molar refractivity (Wildman–Crippen MR) is 135 cm³/mol. The number of likely N-dealkylation sites (tertiary alicyclic amines) is 1. The molecule has 4 rings (SSSR count). The van der Waals surface area contributed by atoms with E-state index in [0.29, 0.717) is 19.6 Å². The van der Waals surface area contributed by atoms with Crippen molar-refractivity contribution in [2.24, 2.45) is 11.0 Å². The van der Waals surface area contributed by atoms with Crippen molar-refractivity contribution in [1.29, 1.82) is 0 Å². The van der Waals surface area contributed by atoms with Gasteiger partial charge in [-0.3, -0.25) is 14.5 Å². The van der Waals surface area contributed by atoms with Crippen LogP contribution >= 0.6 is 0 Å². The number of methoxy groups -OCH3 is 1. The largest absolute Gasteiger partial charge is 0.497 e. The lowest BCUT2D eigenvalue weighted by Crippen LogP contribution is -2.44. The second-order valence-corrected chi connectivity index (χ2v) is 9.42. The molecule has 1 amide bonds. The molecule has 1 fully saturated rings. The van der Waals surface area contributed by atoms with Crippen LogP contribution in [0.1, 0.15) is 54.5 Å². The maximum atomic E-state index is 13.6. The number of rotatable bonds is 7. The van der Waals surface area contributed by atoms with Crippen molar-refractivity contribution in [1.82, 2.24) is 9.91 Å². The van der Waals surface area contributed by atoms with Crippen LogP contribution in [0, 0.1) is 19.8 Å². The highest BCUT2D eigenvalue weighted by molar-refractivity contribution is 6.03. The minimum absolute atomic E-state index is 0.0528. The molecular formula is C28H35N3O4. The van der Waals surface area contributed by atoms with Gasteiger partial charge in [0.15, 0.2) is 0 Å². The van der Waals surface area contributed by atoms with E-state index in [1.54, 1.807) is 12.1 Å². The van der Waals surface area contributed by atoms with E-state index in [2.05, 4.69) is 36.9 Å². The molecule has 0 aliphatic carbocycles. The van der Waals surface area contributed by atoms with E-state index in [-0.39, 0.29) is 30.4 Å². The SMILES string of the molecule is CCOC(=O)[C@@H]1CCCN(CC(=O)N2N=C(c3ccc(OC)cc3)C[C@@H]2c2ccc(C)cc2C)C1. The van der Waals surface area contributed by atoms with Gasteiger partial charge >= 0.3 is 5.97 Å². The summed E-state index contributed by atoms with van der Waals surface area (Å²) in [6.07, 6.45) is 2.32. The van der Waals surface area contributed by atoms with Gasteiger partial charge in [0.05, 0.1) is 37.9 Å². The summed E-state index contributed by atoms with van der Waals surface area (Å²) >= 11 is 0. The zero-order chi connectivity index (χ0) is 24.9. The number of esters is 1. The predicted octanol–water partition coefficient (Wildman–Crippen LogP) is 4.26. The molecule has 2 heterocycles. The Balaban J connectivity index is 1.56. The number of aryl methyl sites for hydroxylation is 2. The van der Waals surface area contributed by atoms with Gasteiger partial charge in [-0.1, -0.05) is 23.8 Å². The highest BCUT2D eigenvalue weighted by Gasteiger charge is 2.36. The molecule has 2 aliphatic rings. The van der Waals surface area contributed by atoms with Crippen molar-refractivity contribution in [2.45, 2.75) is 46.1 Å². The number of ether oxygens (including phenoxy) is 2. The lowest BCUT2D eigenvalue weighted by molar-refractivity contribution is -0.150. The van der Waals surface area contributed by atoms with Crippen LogP contribution in [0.25, 0.3) is 0 Å². The average Bonchev–Trinajstić information content (AvgIpc) is 3.30. The molecule has 35 heavy (non-hydrogen) atoms. The van der Waals surface area contributed by atoms with E-state index in [1.807, 2.05) is 31.2 Å². The van der Waals surface area contributed by atoms with Crippen molar-refractivity contribution < 1.29 is 19.1 Å². The fourth-order valence-electron chi connectivity index (χ4n) is 5.06. The molecule has 2 aliphatic heterocycles. The molecule has 0 radical (unpaired) electrons. The van der Waals surface area contributed by atoms with E-state index in [4.69, 9.17) is 14.6 Å². The number of nitrogens with zero attached hydrogens (tertiary/aromatic N) is 3. The van der Waals surface area contributed by atoms with Crippen LogP contribution in [0.4, 0.5) is 0 Å². The van der Waals surface area contributed by atoms with E-state index >= 15 is 0 Å². The fourth-order valence-corrected chi connectivity index (χ4v) is 5.06. The third-order valence-electron chi connectivity index (χ3n) is 6.86. The molecule has 0 spiro atoms. The number of carbonyl (C=O) groups excluding carboxylic acids is 2. The van der Waals surface area contributed by atoms with Gasteiger partial charge in [0.1, 0.15) is 5.75 Å². The Morgan fingerprint density at radius 1 is 1.11 bits per heavy atom. The van der Waals surface area contributed by atoms with Gasteiger partial charge in [0.2, 0.25) is 0 Å². The smallest absolute Gasteiger partial charge is 0.310 e. The first-order valence-corrected chi connectivity index (χ1v) is 12.4. The summed E-state index contributed by atoms with van der Waals surface area (Å²) in [5.74, 6) is 0.387. The summed E-state index contributed by atoms with van der Waals surface area (Å²) in [6, 6.07) is 14.0. The summed E-state index contributed by atoms with van der Waals surface area (Å²) in [5.41, 5.74) is 5.32. The van der Waals surface area contributed by atoms with E-state index in [1.165, 1.54) is 5.56 Å². The van der Waals surface area contributed by atoms with Gasteiger partial charge in [0.25, 0.3) is 5.91 Å². The first kappa shape index (κ1) is 24.9. The first-order valence-electron chi connectivity index (χ1n) is 12.4. The molecular weight excluding hydrogens is 442 g/mol. The van der Waals surface area contributed by atoms with Crippen LogP contribution in [-0.2, 0) is 14.3 Å². The van der Waals surface area contributed by atoms with Crippen LogP contribution in [-0.4, -0.2) is 60.8 Å². The minimum atomic E-state index is -0.177. The number of hydrogen-bond acceptors (Lipinski definition) is 6. The fraction of sp³-hybridized carbons (Fsp3) is 0.464. The molecule has 7 heteroatoms. The number of amides is 1. The van der Waals surface area contributed by atoms with Gasteiger partial charge in [-0.15, -0.1) is 0 Å². The van der Waals surface area contributed by atoms with Gasteiger partial charge in [-0.2, -0.15) is 5.10 Å². The highest BCUT2D eigenvalue weighted by atomic mass is 16.5. The van der Waals surface area contributed by atoms with Crippen molar-refractivity contribution in [3.8, 4) is 5.75 Å².